The topological polar surface area (TPSA) is 58.6 Å². The number of hydrogen-bond donors (Lipinski definition) is 1. The predicted molar refractivity (Wildman–Crippen MR) is 75.6 cm³/mol. The molecule has 0 aromatic heterocycles. The average Bonchev–Trinajstić information content (AvgIpc) is 2.80. The molecule has 0 saturated heterocycles. The molecule has 1 aliphatic rings. The Morgan fingerprint density at radius 3 is 2.85 bits per heavy atom. The lowest BCUT2D eigenvalue weighted by Gasteiger charge is -2.16. The third-order valence-corrected chi connectivity index (χ3v) is 3.56. The number of aryl methyl sites for hydroxylation is 1. The number of amides is 2. The number of carbonyl (C=O) groups is 2. The molecule has 0 spiro atoms. The number of fused-ring (bicyclic) bond motifs is 1. The van der Waals surface area contributed by atoms with Crippen molar-refractivity contribution in [1.29, 1.82) is 0 Å². The van der Waals surface area contributed by atoms with Gasteiger partial charge in [0.2, 0.25) is 5.91 Å². The second-order valence-electron chi connectivity index (χ2n) is 5.03. The molecule has 1 atom stereocenters. The Hall–Kier alpha value is -2.04. The number of carbonyl (C=O) groups excluding carboxylic acids is 2. The molecule has 0 fully saturated rings. The highest BCUT2D eigenvalue weighted by atomic mass is 16.6. The molecule has 5 nitrogen and oxygen atoms in total. The van der Waals surface area contributed by atoms with Gasteiger partial charge in [-0.15, -0.1) is 0 Å². The molecule has 0 saturated carbocycles. The maximum atomic E-state index is 11.7. The first kappa shape index (κ1) is 14.4. The van der Waals surface area contributed by atoms with Crippen molar-refractivity contribution < 1.29 is 14.3 Å². The monoisotopic (exact) mass is 276 g/mol. The summed E-state index contributed by atoms with van der Waals surface area (Å²) in [6.45, 7) is 3.99. The summed E-state index contributed by atoms with van der Waals surface area (Å²) in [4.78, 5) is 24.4. The van der Waals surface area contributed by atoms with E-state index in [4.69, 9.17) is 4.74 Å². The van der Waals surface area contributed by atoms with Gasteiger partial charge in [0.05, 0.1) is 6.04 Å². The second kappa shape index (κ2) is 5.94. The van der Waals surface area contributed by atoms with Crippen LogP contribution >= 0.6 is 0 Å². The van der Waals surface area contributed by atoms with Crippen LogP contribution in [0.4, 0.5) is 4.79 Å². The summed E-state index contributed by atoms with van der Waals surface area (Å²) in [5.74, 6) is 0.474. The Bertz CT molecular complexity index is 528. The van der Waals surface area contributed by atoms with Gasteiger partial charge in [0, 0.05) is 20.5 Å². The first-order chi connectivity index (χ1) is 9.51. The van der Waals surface area contributed by atoms with E-state index >= 15 is 0 Å². The van der Waals surface area contributed by atoms with Crippen molar-refractivity contribution in [2.45, 2.75) is 32.7 Å². The molecule has 0 bridgehead atoms. The van der Waals surface area contributed by atoms with Crippen molar-refractivity contribution in [3.8, 4) is 5.75 Å². The van der Waals surface area contributed by atoms with Gasteiger partial charge in [0.25, 0.3) is 0 Å². The summed E-state index contributed by atoms with van der Waals surface area (Å²) in [6.07, 6.45) is 1.45. The lowest BCUT2D eigenvalue weighted by Crippen LogP contribution is -2.29. The van der Waals surface area contributed by atoms with E-state index in [1.807, 2.05) is 19.1 Å². The maximum absolute atomic E-state index is 11.7. The zero-order chi connectivity index (χ0) is 14.7. The highest BCUT2D eigenvalue weighted by molar-refractivity contribution is 5.74. The van der Waals surface area contributed by atoms with Crippen LogP contribution in [0.3, 0.4) is 0 Å². The molecule has 0 aliphatic heterocycles. The fourth-order valence-electron chi connectivity index (χ4n) is 2.35. The van der Waals surface area contributed by atoms with Gasteiger partial charge < -0.3 is 15.0 Å². The Kier molecular flexibility index (Phi) is 4.27. The molecule has 1 N–H and O–H groups in total. The summed E-state index contributed by atoms with van der Waals surface area (Å²) in [7, 11) is 1.69. The molecule has 0 radical (unpaired) electrons. The highest BCUT2D eigenvalue weighted by Crippen LogP contribution is 2.33. The van der Waals surface area contributed by atoms with Crippen molar-refractivity contribution in [3.05, 3.63) is 29.3 Å². The number of nitrogens with one attached hydrogen (secondary N) is 1. The van der Waals surface area contributed by atoms with Gasteiger partial charge in [0.1, 0.15) is 5.75 Å². The Labute approximate surface area is 118 Å². The van der Waals surface area contributed by atoms with Crippen LogP contribution in [0.15, 0.2) is 18.2 Å². The van der Waals surface area contributed by atoms with E-state index in [1.54, 1.807) is 13.1 Å². The Morgan fingerprint density at radius 2 is 2.20 bits per heavy atom. The van der Waals surface area contributed by atoms with Crippen LogP contribution in [0.2, 0.25) is 0 Å². The minimum Gasteiger partial charge on any atom is -0.410 e. The molecule has 0 heterocycles. The molecular formula is C15H20N2O3. The van der Waals surface area contributed by atoms with E-state index in [0.717, 1.165) is 18.4 Å². The number of ether oxygens (including phenoxy) is 1. The van der Waals surface area contributed by atoms with Crippen molar-refractivity contribution >= 4 is 12.0 Å². The molecule has 20 heavy (non-hydrogen) atoms. The van der Waals surface area contributed by atoms with Crippen LogP contribution in [0.25, 0.3) is 0 Å². The van der Waals surface area contributed by atoms with Crippen molar-refractivity contribution in [2.24, 2.45) is 0 Å². The Balaban J connectivity index is 2.14. The summed E-state index contributed by atoms with van der Waals surface area (Å²) in [6, 6.07) is 5.64. The third kappa shape index (κ3) is 3.10. The van der Waals surface area contributed by atoms with Gasteiger partial charge in [-0.25, -0.2) is 4.79 Å². The highest BCUT2D eigenvalue weighted by Gasteiger charge is 2.24. The number of hydrogen-bond acceptors (Lipinski definition) is 3. The van der Waals surface area contributed by atoms with E-state index in [-0.39, 0.29) is 18.0 Å². The van der Waals surface area contributed by atoms with Crippen molar-refractivity contribution in [3.63, 3.8) is 0 Å². The molecule has 1 aliphatic carbocycles. The normalized spacial score (nSPS) is 16.4. The van der Waals surface area contributed by atoms with Crippen LogP contribution < -0.4 is 10.1 Å². The molecule has 2 rings (SSSR count). The smallest absolute Gasteiger partial charge is 0.410 e. The van der Waals surface area contributed by atoms with Gasteiger partial charge >= 0.3 is 6.09 Å². The van der Waals surface area contributed by atoms with Crippen LogP contribution in [-0.4, -0.2) is 30.5 Å². The third-order valence-electron chi connectivity index (χ3n) is 3.56. The second-order valence-corrected chi connectivity index (χ2v) is 5.03. The molecular weight excluding hydrogens is 256 g/mol. The van der Waals surface area contributed by atoms with Gasteiger partial charge in [-0.3, -0.25) is 4.79 Å². The molecule has 1 aromatic rings. The summed E-state index contributed by atoms with van der Waals surface area (Å²) < 4.78 is 5.32. The summed E-state index contributed by atoms with van der Waals surface area (Å²) >= 11 is 0. The lowest BCUT2D eigenvalue weighted by atomic mass is 10.1. The van der Waals surface area contributed by atoms with Gasteiger partial charge in [0.15, 0.2) is 0 Å². The van der Waals surface area contributed by atoms with Crippen molar-refractivity contribution in [2.75, 3.05) is 13.6 Å². The van der Waals surface area contributed by atoms with Crippen molar-refractivity contribution in [1.82, 2.24) is 10.2 Å². The van der Waals surface area contributed by atoms with Crippen LogP contribution in [-0.2, 0) is 11.2 Å². The minimum absolute atomic E-state index is 0.0186. The fraction of sp³-hybridized carbons (Fsp3) is 0.467. The predicted octanol–water partition coefficient (Wildman–Crippen LogP) is 2.26. The number of nitrogens with zero attached hydrogens (tertiary/aromatic N) is 1. The number of rotatable bonds is 3. The van der Waals surface area contributed by atoms with E-state index in [0.29, 0.717) is 12.3 Å². The first-order valence-electron chi connectivity index (χ1n) is 6.84. The Morgan fingerprint density at radius 1 is 1.45 bits per heavy atom. The average molecular weight is 276 g/mol. The van der Waals surface area contributed by atoms with Crippen LogP contribution in [0.5, 0.6) is 5.75 Å². The zero-order valence-electron chi connectivity index (χ0n) is 12.1. The van der Waals surface area contributed by atoms with Gasteiger partial charge in [-0.2, -0.15) is 0 Å². The molecule has 0 unspecified atom stereocenters. The largest absolute Gasteiger partial charge is 0.414 e. The quantitative estimate of drug-likeness (QED) is 0.921. The van der Waals surface area contributed by atoms with E-state index in [9.17, 15) is 9.59 Å². The maximum Gasteiger partial charge on any atom is 0.414 e. The SMILES string of the molecule is CCN(C)C(=O)Oc1ccc2c(c1)[C@@H](NC(C)=O)CC2. The molecule has 2 amide bonds. The van der Waals surface area contributed by atoms with Crippen LogP contribution in [0.1, 0.15) is 37.4 Å². The standard InChI is InChI=1S/C15H20N2O3/c1-4-17(3)15(19)20-12-7-5-11-6-8-14(13(11)9-12)16-10(2)18/h5,7,9,14H,4,6,8H2,1-3H3,(H,16,18)/t14-/m0/s1. The zero-order valence-corrected chi connectivity index (χ0v) is 12.1. The summed E-state index contributed by atoms with van der Waals surface area (Å²) in [5, 5.41) is 2.92. The van der Waals surface area contributed by atoms with E-state index in [1.165, 1.54) is 17.4 Å². The molecule has 108 valence electrons. The minimum atomic E-state index is -0.374. The van der Waals surface area contributed by atoms with E-state index < -0.39 is 0 Å². The van der Waals surface area contributed by atoms with Gasteiger partial charge in [-0.1, -0.05) is 6.07 Å². The molecule has 5 heteroatoms. The summed E-state index contributed by atoms with van der Waals surface area (Å²) in [5.41, 5.74) is 2.25. The van der Waals surface area contributed by atoms with Crippen LogP contribution in [0, 0.1) is 0 Å². The number of benzene rings is 1. The molecule has 1 aromatic carbocycles. The fourth-order valence-corrected chi connectivity index (χ4v) is 2.35. The first-order valence-corrected chi connectivity index (χ1v) is 6.84. The van der Waals surface area contributed by atoms with E-state index in [2.05, 4.69) is 5.32 Å². The van der Waals surface area contributed by atoms with Gasteiger partial charge in [-0.05, 0) is 43.0 Å². The lowest BCUT2D eigenvalue weighted by molar-refractivity contribution is -0.119.